The standard InChI is InChI=1S/C18H28N4O/c1-2-19-18(23)17-13-15(8-9-20-17)22-12-4-3-7-16(14-22)21-10-5-6-11-21/h8-9,13,16H,2-7,10-12,14H2,1H3,(H,19,23). The molecule has 2 aliphatic heterocycles. The van der Waals surface area contributed by atoms with E-state index < -0.39 is 0 Å². The summed E-state index contributed by atoms with van der Waals surface area (Å²) in [6, 6.07) is 4.63. The number of pyridine rings is 1. The van der Waals surface area contributed by atoms with E-state index in [-0.39, 0.29) is 5.91 Å². The SMILES string of the molecule is CCNC(=O)c1cc(N2CCCCC(N3CCCC3)C2)ccn1. The third-order valence-corrected chi connectivity index (χ3v) is 4.98. The summed E-state index contributed by atoms with van der Waals surface area (Å²) >= 11 is 0. The normalized spacial score (nSPS) is 22.8. The Hall–Kier alpha value is -1.62. The number of amides is 1. The van der Waals surface area contributed by atoms with Crippen LogP contribution in [0.3, 0.4) is 0 Å². The topological polar surface area (TPSA) is 48.5 Å². The molecule has 1 atom stereocenters. The van der Waals surface area contributed by atoms with Gasteiger partial charge in [-0.15, -0.1) is 0 Å². The molecule has 23 heavy (non-hydrogen) atoms. The van der Waals surface area contributed by atoms with Gasteiger partial charge in [0.2, 0.25) is 0 Å². The highest BCUT2D eigenvalue weighted by molar-refractivity contribution is 5.93. The fourth-order valence-corrected chi connectivity index (χ4v) is 3.75. The number of anilines is 1. The van der Waals surface area contributed by atoms with Crippen molar-refractivity contribution in [2.75, 3.05) is 37.6 Å². The van der Waals surface area contributed by atoms with Crippen LogP contribution in [0.2, 0.25) is 0 Å². The Morgan fingerprint density at radius 3 is 2.83 bits per heavy atom. The van der Waals surface area contributed by atoms with Crippen LogP contribution in [0.25, 0.3) is 0 Å². The van der Waals surface area contributed by atoms with E-state index in [1.165, 1.54) is 45.2 Å². The molecule has 1 aromatic heterocycles. The summed E-state index contributed by atoms with van der Waals surface area (Å²) in [5.41, 5.74) is 1.65. The van der Waals surface area contributed by atoms with E-state index in [4.69, 9.17) is 0 Å². The number of hydrogen-bond acceptors (Lipinski definition) is 4. The zero-order valence-corrected chi connectivity index (χ0v) is 14.1. The number of likely N-dealkylation sites (tertiary alicyclic amines) is 1. The van der Waals surface area contributed by atoms with E-state index >= 15 is 0 Å². The molecule has 0 spiro atoms. The van der Waals surface area contributed by atoms with Crippen molar-refractivity contribution in [3.8, 4) is 0 Å². The summed E-state index contributed by atoms with van der Waals surface area (Å²) in [6.07, 6.45) is 8.26. The van der Waals surface area contributed by atoms with Crippen molar-refractivity contribution in [2.45, 2.75) is 45.1 Å². The van der Waals surface area contributed by atoms with Gasteiger partial charge < -0.3 is 10.2 Å². The summed E-state index contributed by atoms with van der Waals surface area (Å²) < 4.78 is 0. The van der Waals surface area contributed by atoms with Crippen LogP contribution in [0.4, 0.5) is 5.69 Å². The molecular formula is C18H28N4O. The number of nitrogens with one attached hydrogen (secondary N) is 1. The van der Waals surface area contributed by atoms with E-state index in [0.717, 1.165) is 18.8 Å². The van der Waals surface area contributed by atoms with Crippen LogP contribution in [-0.4, -0.2) is 54.6 Å². The molecule has 3 heterocycles. The minimum Gasteiger partial charge on any atom is -0.370 e. The zero-order valence-electron chi connectivity index (χ0n) is 14.1. The predicted molar refractivity (Wildman–Crippen MR) is 92.9 cm³/mol. The molecule has 5 nitrogen and oxygen atoms in total. The van der Waals surface area contributed by atoms with Crippen molar-refractivity contribution < 1.29 is 4.79 Å². The van der Waals surface area contributed by atoms with Crippen molar-refractivity contribution >= 4 is 11.6 Å². The molecule has 0 radical (unpaired) electrons. The summed E-state index contributed by atoms with van der Waals surface area (Å²) in [4.78, 5) is 21.3. The van der Waals surface area contributed by atoms with Gasteiger partial charge in [-0.25, -0.2) is 0 Å². The molecule has 126 valence electrons. The van der Waals surface area contributed by atoms with Crippen LogP contribution < -0.4 is 10.2 Å². The number of carbonyl (C=O) groups excluding carboxylic acids is 1. The highest BCUT2D eigenvalue weighted by Gasteiger charge is 2.26. The molecule has 2 aliphatic rings. The lowest BCUT2D eigenvalue weighted by atomic mass is 10.1. The van der Waals surface area contributed by atoms with Gasteiger partial charge in [0.1, 0.15) is 5.69 Å². The summed E-state index contributed by atoms with van der Waals surface area (Å²) in [5.74, 6) is -0.0831. The molecule has 1 aromatic rings. The predicted octanol–water partition coefficient (Wildman–Crippen LogP) is 2.29. The second kappa shape index (κ2) is 7.77. The molecule has 0 aliphatic carbocycles. The van der Waals surface area contributed by atoms with Gasteiger partial charge in [-0.2, -0.15) is 0 Å². The number of aromatic nitrogens is 1. The second-order valence-corrected chi connectivity index (χ2v) is 6.60. The van der Waals surface area contributed by atoms with E-state index in [2.05, 4.69) is 20.1 Å². The molecule has 2 fully saturated rings. The molecule has 1 N–H and O–H groups in total. The first kappa shape index (κ1) is 16.2. The fraction of sp³-hybridized carbons (Fsp3) is 0.667. The zero-order chi connectivity index (χ0) is 16.1. The Kier molecular flexibility index (Phi) is 5.49. The van der Waals surface area contributed by atoms with Gasteiger partial charge in [-0.3, -0.25) is 14.7 Å². The summed E-state index contributed by atoms with van der Waals surface area (Å²) in [7, 11) is 0. The maximum atomic E-state index is 12.0. The van der Waals surface area contributed by atoms with Gasteiger partial charge in [-0.05, 0) is 57.8 Å². The molecular weight excluding hydrogens is 288 g/mol. The van der Waals surface area contributed by atoms with Crippen molar-refractivity contribution in [1.82, 2.24) is 15.2 Å². The molecule has 2 saturated heterocycles. The minimum atomic E-state index is -0.0831. The average Bonchev–Trinajstić information content (AvgIpc) is 3.00. The first-order valence-corrected chi connectivity index (χ1v) is 9.01. The lowest BCUT2D eigenvalue weighted by molar-refractivity contribution is 0.0951. The molecule has 0 bridgehead atoms. The number of nitrogens with zero attached hydrogens (tertiary/aromatic N) is 3. The Morgan fingerprint density at radius 2 is 2.04 bits per heavy atom. The summed E-state index contributed by atoms with van der Waals surface area (Å²) in [5, 5.41) is 2.83. The maximum Gasteiger partial charge on any atom is 0.269 e. The van der Waals surface area contributed by atoms with Crippen LogP contribution >= 0.6 is 0 Å². The highest BCUT2D eigenvalue weighted by Crippen LogP contribution is 2.24. The number of hydrogen-bond donors (Lipinski definition) is 1. The lowest BCUT2D eigenvalue weighted by Gasteiger charge is -2.32. The van der Waals surface area contributed by atoms with Crippen molar-refractivity contribution in [3.63, 3.8) is 0 Å². The third-order valence-electron chi connectivity index (χ3n) is 4.98. The monoisotopic (exact) mass is 316 g/mol. The van der Waals surface area contributed by atoms with Gasteiger partial charge >= 0.3 is 0 Å². The largest absolute Gasteiger partial charge is 0.370 e. The van der Waals surface area contributed by atoms with Gasteiger partial charge in [-0.1, -0.05) is 6.42 Å². The van der Waals surface area contributed by atoms with Crippen LogP contribution in [0.15, 0.2) is 18.3 Å². The Bertz CT molecular complexity index is 528. The van der Waals surface area contributed by atoms with E-state index in [1.807, 2.05) is 19.1 Å². The molecule has 0 aromatic carbocycles. The van der Waals surface area contributed by atoms with Crippen LogP contribution in [-0.2, 0) is 0 Å². The number of carbonyl (C=O) groups is 1. The summed E-state index contributed by atoms with van der Waals surface area (Å²) in [6.45, 7) is 7.20. The third kappa shape index (κ3) is 4.02. The highest BCUT2D eigenvalue weighted by atomic mass is 16.1. The number of rotatable bonds is 4. The molecule has 1 unspecified atom stereocenters. The Morgan fingerprint density at radius 1 is 1.26 bits per heavy atom. The van der Waals surface area contributed by atoms with Crippen LogP contribution in [0.5, 0.6) is 0 Å². The second-order valence-electron chi connectivity index (χ2n) is 6.60. The minimum absolute atomic E-state index is 0.0831. The fourth-order valence-electron chi connectivity index (χ4n) is 3.75. The van der Waals surface area contributed by atoms with Crippen molar-refractivity contribution in [1.29, 1.82) is 0 Å². The van der Waals surface area contributed by atoms with Gasteiger partial charge in [0.15, 0.2) is 0 Å². The smallest absolute Gasteiger partial charge is 0.269 e. The van der Waals surface area contributed by atoms with Crippen molar-refractivity contribution in [3.05, 3.63) is 24.0 Å². The maximum absolute atomic E-state index is 12.0. The van der Waals surface area contributed by atoms with Crippen LogP contribution in [0.1, 0.15) is 49.5 Å². The van der Waals surface area contributed by atoms with Crippen LogP contribution in [0, 0.1) is 0 Å². The Balaban J connectivity index is 1.73. The lowest BCUT2D eigenvalue weighted by Crippen LogP contribution is -2.41. The molecule has 5 heteroatoms. The van der Waals surface area contributed by atoms with Gasteiger partial charge in [0.25, 0.3) is 5.91 Å². The first-order chi connectivity index (χ1) is 11.3. The van der Waals surface area contributed by atoms with E-state index in [1.54, 1.807) is 6.20 Å². The Labute approximate surface area is 139 Å². The van der Waals surface area contributed by atoms with Crippen molar-refractivity contribution in [2.24, 2.45) is 0 Å². The van der Waals surface area contributed by atoms with Gasteiger partial charge in [0, 0.05) is 37.6 Å². The first-order valence-electron chi connectivity index (χ1n) is 9.01. The van der Waals surface area contributed by atoms with E-state index in [0.29, 0.717) is 18.3 Å². The average molecular weight is 316 g/mol. The molecule has 1 amide bonds. The molecule has 3 rings (SSSR count). The molecule has 0 saturated carbocycles. The van der Waals surface area contributed by atoms with Gasteiger partial charge in [0.05, 0.1) is 0 Å². The quantitative estimate of drug-likeness (QED) is 0.926. The van der Waals surface area contributed by atoms with E-state index in [9.17, 15) is 4.79 Å².